The Labute approximate surface area is 90.3 Å². The Morgan fingerprint density at radius 3 is 2.60 bits per heavy atom. The first-order valence-electron chi connectivity index (χ1n) is 3.57. The minimum Gasteiger partial charge on any atom is -0.245 e. The fourth-order valence-electron chi connectivity index (χ4n) is 1.12. The molecule has 60 valence electrons. The average Bonchev–Trinajstić information content (AvgIpc) is 1.94. The standard InChI is InChI=1S/C6H12I2N2/c1-2-6-5-9(7)3-4-10(6)8/h6H,2-5H2,1H3. The van der Waals surface area contributed by atoms with Crippen molar-refractivity contribution >= 4 is 45.7 Å². The van der Waals surface area contributed by atoms with Gasteiger partial charge in [0.1, 0.15) is 0 Å². The molecule has 0 amide bonds. The summed E-state index contributed by atoms with van der Waals surface area (Å²) in [4.78, 5) is 0. The first kappa shape index (κ1) is 9.47. The molecular weight excluding hydrogens is 354 g/mol. The lowest BCUT2D eigenvalue weighted by atomic mass is 10.2. The number of rotatable bonds is 1. The van der Waals surface area contributed by atoms with E-state index >= 15 is 0 Å². The smallest absolute Gasteiger partial charge is 0.0327 e. The van der Waals surface area contributed by atoms with Crippen LogP contribution in [-0.4, -0.2) is 31.9 Å². The van der Waals surface area contributed by atoms with Crippen LogP contribution < -0.4 is 0 Å². The van der Waals surface area contributed by atoms with E-state index in [-0.39, 0.29) is 0 Å². The van der Waals surface area contributed by atoms with Gasteiger partial charge in [0, 0.05) is 71.4 Å². The third-order valence-electron chi connectivity index (χ3n) is 1.83. The van der Waals surface area contributed by atoms with E-state index < -0.39 is 0 Å². The van der Waals surface area contributed by atoms with Gasteiger partial charge in [0.25, 0.3) is 0 Å². The minimum atomic E-state index is 0.770. The van der Waals surface area contributed by atoms with Crippen LogP contribution in [0.3, 0.4) is 0 Å². The predicted molar refractivity (Wildman–Crippen MR) is 60.4 cm³/mol. The first-order chi connectivity index (χ1) is 4.74. The Hall–Kier alpha value is 1.38. The zero-order chi connectivity index (χ0) is 7.56. The molecule has 1 aliphatic rings. The van der Waals surface area contributed by atoms with Gasteiger partial charge in [0.2, 0.25) is 0 Å². The van der Waals surface area contributed by atoms with Gasteiger partial charge in [-0.3, -0.25) is 0 Å². The minimum absolute atomic E-state index is 0.770. The third-order valence-corrected chi connectivity index (χ3v) is 3.98. The van der Waals surface area contributed by atoms with E-state index in [0.717, 1.165) is 6.04 Å². The summed E-state index contributed by atoms with van der Waals surface area (Å²) in [7, 11) is 0. The van der Waals surface area contributed by atoms with Gasteiger partial charge in [0.15, 0.2) is 0 Å². The van der Waals surface area contributed by atoms with E-state index in [1.165, 1.54) is 26.1 Å². The van der Waals surface area contributed by atoms with Crippen LogP contribution in [0.15, 0.2) is 0 Å². The summed E-state index contributed by atoms with van der Waals surface area (Å²) in [5, 5.41) is 0. The molecule has 1 heterocycles. The van der Waals surface area contributed by atoms with E-state index in [9.17, 15) is 0 Å². The second-order valence-electron chi connectivity index (χ2n) is 2.55. The summed E-state index contributed by atoms with van der Waals surface area (Å²) in [5.74, 6) is 0. The second kappa shape index (κ2) is 4.42. The first-order valence-corrected chi connectivity index (χ1v) is 5.50. The van der Waals surface area contributed by atoms with E-state index in [2.05, 4.69) is 58.9 Å². The Balaban J connectivity index is 2.38. The molecular formula is C6H12I2N2. The van der Waals surface area contributed by atoms with Crippen molar-refractivity contribution in [3.05, 3.63) is 0 Å². The number of halogens is 2. The molecule has 1 rings (SSSR count). The number of hydrogen-bond donors (Lipinski definition) is 0. The summed E-state index contributed by atoms with van der Waals surface area (Å²) in [6.45, 7) is 5.90. The largest absolute Gasteiger partial charge is 0.245 e. The molecule has 0 aromatic carbocycles. The highest BCUT2D eigenvalue weighted by molar-refractivity contribution is 14.1. The summed E-state index contributed by atoms with van der Waals surface area (Å²) in [6, 6.07) is 0.770. The molecule has 4 heteroatoms. The van der Waals surface area contributed by atoms with E-state index in [1.807, 2.05) is 0 Å². The lowest BCUT2D eigenvalue weighted by Gasteiger charge is -2.34. The van der Waals surface area contributed by atoms with E-state index in [1.54, 1.807) is 0 Å². The van der Waals surface area contributed by atoms with Gasteiger partial charge in [-0.05, 0) is 6.42 Å². The molecule has 0 aromatic heterocycles. The summed E-state index contributed by atoms with van der Waals surface area (Å²) in [6.07, 6.45) is 1.27. The molecule has 0 saturated carbocycles. The predicted octanol–water partition coefficient (Wildman–Crippen LogP) is 2.08. The molecule has 0 radical (unpaired) electrons. The summed E-state index contributed by atoms with van der Waals surface area (Å²) >= 11 is 4.84. The number of hydrogen-bond acceptors (Lipinski definition) is 2. The van der Waals surface area contributed by atoms with Crippen molar-refractivity contribution in [2.75, 3.05) is 19.6 Å². The normalized spacial score (nSPS) is 30.9. The molecule has 0 N–H and O–H groups in total. The van der Waals surface area contributed by atoms with Crippen LogP contribution in [0.1, 0.15) is 13.3 Å². The van der Waals surface area contributed by atoms with Crippen molar-refractivity contribution in [3.8, 4) is 0 Å². The van der Waals surface area contributed by atoms with Crippen LogP contribution in [0.4, 0.5) is 0 Å². The van der Waals surface area contributed by atoms with Crippen LogP contribution in [0, 0.1) is 0 Å². The molecule has 1 saturated heterocycles. The fourth-order valence-corrected chi connectivity index (χ4v) is 2.58. The molecule has 0 aliphatic carbocycles. The second-order valence-corrected chi connectivity index (χ2v) is 5.16. The van der Waals surface area contributed by atoms with Crippen molar-refractivity contribution in [2.45, 2.75) is 19.4 Å². The van der Waals surface area contributed by atoms with Crippen molar-refractivity contribution in [1.82, 2.24) is 6.23 Å². The highest BCUT2D eigenvalue weighted by Gasteiger charge is 2.21. The summed E-state index contributed by atoms with van der Waals surface area (Å²) < 4.78 is 4.80. The highest BCUT2D eigenvalue weighted by atomic mass is 127. The lowest BCUT2D eigenvalue weighted by Crippen LogP contribution is -2.44. The van der Waals surface area contributed by atoms with Crippen LogP contribution in [0.2, 0.25) is 0 Å². The molecule has 2 nitrogen and oxygen atoms in total. The van der Waals surface area contributed by atoms with E-state index in [0.29, 0.717) is 0 Å². The molecule has 1 atom stereocenters. The topological polar surface area (TPSA) is 6.48 Å². The fraction of sp³-hybridized carbons (Fsp3) is 1.00. The Kier molecular flexibility index (Phi) is 4.18. The molecule has 1 fully saturated rings. The Morgan fingerprint density at radius 1 is 1.40 bits per heavy atom. The Bertz CT molecular complexity index is 110. The maximum atomic E-state index is 2.43. The third kappa shape index (κ3) is 2.46. The van der Waals surface area contributed by atoms with Crippen molar-refractivity contribution in [1.29, 1.82) is 0 Å². The maximum absolute atomic E-state index is 2.43. The molecule has 1 unspecified atom stereocenters. The molecule has 0 spiro atoms. The van der Waals surface area contributed by atoms with Gasteiger partial charge in [-0.25, -0.2) is 6.23 Å². The lowest BCUT2D eigenvalue weighted by molar-refractivity contribution is 0.253. The van der Waals surface area contributed by atoms with Crippen molar-refractivity contribution in [2.24, 2.45) is 0 Å². The van der Waals surface area contributed by atoms with Gasteiger partial charge in [-0.15, -0.1) is 0 Å². The maximum Gasteiger partial charge on any atom is 0.0327 e. The van der Waals surface area contributed by atoms with E-state index in [4.69, 9.17) is 0 Å². The van der Waals surface area contributed by atoms with Gasteiger partial charge < -0.3 is 0 Å². The number of piperazine rings is 1. The number of nitrogens with zero attached hydrogens (tertiary/aromatic N) is 2. The van der Waals surface area contributed by atoms with Gasteiger partial charge in [-0.1, -0.05) is 6.92 Å². The van der Waals surface area contributed by atoms with Crippen molar-refractivity contribution in [3.63, 3.8) is 0 Å². The summed E-state index contributed by atoms with van der Waals surface area (Å²) in [5.41, 5.74) is 0. The Morgan fingerprint density at radius 2 is 2.10 bits per heavy atom. The molecule has 1 aliphatic heterocycles. The zero-order valence-electron chi connectivity index (χ0n) is 6.06. The van der Waals surface area contributed by atoms with Crippen LogP contribution >= 0.6 is 45.7 Å². The molecule has 0 bridgehead atoms. The molecule has 10 heavy (non-hydrogen) atoms. The van der Waals surface area contributed by atoms with Crippen LogP contribution in [0.25, 0.3) is 0 Å². The average molecular weight is 366 g/mol. The van der Waals surface area contributed by atoms with Crippen molar-refractivity contribution < 1.29 is 0 Å². The van der Waals surface area contributed by atoms with Gasteiger partial charge in [0.05, 0.1) is 0 Å². The highest BCUT2D eigenvalue weighted by Crippen LogP contribution is 2.18. The quantitative estimate of drug-likeness (QED) is 0.518. The molecule has 0 aromatic rings. The monoisotopic (exact) mass is 366 g/mol. The van der Waals surface area contributed by atoms with Gasteiger partial charge in [-0.2, -0.15) is 0 Å². The zero-order valence-corrected chi connectivity index (χ0v) is 10.4. The van der Waals surface area contributed by atoms with Crippen LogP contribution in [-0.2, 0) is 0 Å². The van der Waals surface area contributed by atoms with Gasteiger partial charge >= 0.3 is 0 Å². The van der Waals surface area contributed by atoms with Crippen LogP contribution in [0.5, 0.6) is 0 Å². The SMILES string of the molecule is CCC1CN(I)CCN1I.